The number of hydrogen-bond donors (Lipinski definition) is 1. The fourth-order valence-corrected chi connectivity index (χ4v) is 4.31. The van der Waals surface area contributed by atoms with E-state index in [4.69, 9.17) is 9.72 Å². The summed E-state index contributed by atoms with van der Waals surface area (Å²) in [5.74, 6) is 2.39. The average molecular weight is 300 g/mol. The highest BCUT2D eigenvalue weighted by atomic mass is 32.2. The summed E-state index contributed by atoms with van der Waals surface area (Å²) in [5.41, 5.74) is 1.36. The van der Waals surface area contributed by atoms with Gasteiger partial charge in [0.05, 0.1) is 18.3 Å². The molecule has 0 spiro atoms. The van der Waals surface area contributed by atoms with Crippen LogP contribution in [0.2, 0.25) is 0 Å². The van der Waals surface area contributed by atoms with Gasteiger partial charge in [-0.2, -0.15) is 11.8 Å². The van der Waals surface area contributed by atoms with Gasteiger partial charge in [0.2, 0.25) is 0 Å². The van der Waals surface area contributed by atoms with Gasteiger partial charge in [0.1, 0.15) is 5.01 Å². The molecule has 5 heteroatoms. The van der Waals surface area contributed by atoms with Crippen LogP contribution in [0.5, 0.6) is 0 Å². The molecule has 3 nitrogen and oxygen atoms in total. The van der Waals surface area contributed by atoms with Crippen LogP contribution in [0.3, 0.4) is 0 Å². The highest BCUT2D eigenvalue weighted by molar-refractivity contribution is 7.99. The predicted molar refractivity (Wildman–Crippen MR) is 84.4 cm³/mol. The van der Waals surface area contributed by atoms with Gasteiger partial charge in [-0.25, -0.2) is 4.98 Å². The third kappa shape index (κ3) is 4.45. The molecule has 0 radical (unpaired) electrons. The van der Waals surface area contributed by atoms with Crippen molar-refractivity contribution in [2.75, 3.05) is 31.8 Å². The van der Waals surface area contributed by atoms with Crippen LogP contribution in [0.1, 0.15) is 41.4 Å². The van der Waals surface area contributed by atoms with Crippen molar-refractivity contribution in [3.8, 4) is 0 Å². The number of nitrogens with zero attached hydrogens (tertiary/aromatic N) is 1. The second-order valence-electron chi connectivity index (χ2n) is 4.76. The Morgan fingerprint density at radius 1 is 1.47 bits per heavy atom. The molecule has 19 heavy (non-hydrogen) atoms. The van der Waals surface area contributed by atoms with Crippen molar-refractivity contribution in [2.45, 2.75) is 38.6 Å². The van der Waals surface area contributed by atoms with Gasteiger partial charge in [0.15, 0.2) is 0 Å². The lowest BCUT2D eigenvalue weighted by Crippen LogP contribution is -2.25. The summed E-state index contributed by atoms with van der Waals surface area (Å²) in [4.78, 5) is 6.38. The first-order valence-electron chi connectivity index (χ1n) is 7.13. The quantitative estimate of drug-likeness (QED) is 0.711. The molecule has 1 unspecified atom stereocenters. The van der Waals surface area contributed by atoms with Crippen LogP contribution < -0.4 is 5.32 Å². The number of aromatic nitrogens is 1. The van der Waals surface area contributed by atoms with Crippen LogP contribution >= 0.6 is 23.1 Å². The number of hydrogen-bond acceptors (Lipinski definition) is 5. The van der Waals surface area contributed by atoms with Gasteiger partial charge in [-0.3, -0.25) is 0 Å². The first-order chi connectivity index (χ1) is 9.35. The first kappa shape index (κ1) is 15.3. The molecule has 0 fully saturated rings. The lowest BCUT2D eigenvalue weighted by molar-refractivity contribution is 0.195. The molecule has 1 aliphatic carbocycles. The summed E-state index contributed by atoms with van der Waals surface area (Å²) in [6.07, 6.45) is 4.87. The smallest absolute Gasteiger partial charge is 0.110 e. The van der Waals surface area contributed by atoms with E-state index in [9.17, 15) is 0 Å². The second-order valence-corrected chi connectivity index (χ2v) is 7.27. The molecule has 1 aromatic heterocycles. The largest absolute Gasteiger partial charge is 0.383 e. The highest BCUT2D eigenvalue weighted by Gasteiger charge is 2.21. The lowest BCUT2D eigenvalue weighted by Gasteiger charge is -2.16. The van der Waals surface area contributed by atoms with Crippen LogP contribution in [0.25, 0.3) is 0 Å². The lowest BCUT2D eigenvalue weighted by atomic mass is 10.2. The standard InChI is InChI=1S/C14H24N2OS2/c1-3-18-10-7-12(15-8-9-17-2)14-16-11-5-4-6-13(11)19-14/h12,15H,3-10H2,1-2H3. The Labute approximate surface area is 124 Å². The maximum absolute atomic E-state index is 5.13. The van der Waals surface area contributed by atoms with Crippen LogP contribution in [-0.2, 0) is 17.6 Å². The van der Waals surface area contributed by atoms with Crippen LogP contribution in [0.15, 0.2) is 0 Å². The van der Waals surface area contributed by atoms with E-state index in [1.165, 1.54) is 46.3 Å². The third-order valence-electron chi connectivity index (χ3n) is 3.36. The molecular weight excluding hydrogens is 276 g/mol. The minimum absolute atomic E-state index is 0.407. The molecule has 2 rings (SSSR count). The van der Waals surface area contributed by atoms with Gasteiger partial charge in [0.25, 0.3) is 0 Å². The molecule has 1 heterocycles. The molecule has 0 saturated carbocycles. The Morgan fingerprint density at radius 3 is 3.11 bits per heavy atom. The van der Waals surface area contributed by atoms with E-state index >= 15 is 0 Å². The second kappa shape index (κ2) is 8.25. The van der Waals surface area contributed by atoms with Crippen LogP contribution in [0, 0.1) is 0 Å². The summed E-state index contributed by atoms with van der Waals surface area (Å²) in [7, 11) is 1.75. The third-order valence-corrected chi connectivity index (χ3v) is 5.57. The van der Waals surface area contributed by atoms with Crippen molar-refractivity contribution >= 4 is 23.1 Å². The number of thiazole rings is 1. The number of aryl methyl sites for hydroxylation is 2. The van der Waals surface area contributed by atoms with Crippen molar-refractivity contribution in [3.05, 3.63) is 15.6 Å². The minimum atomic E-state index is 0.407. The number of ether oxygens (including phenoxy) is 1. The summed E-state index contributed by atoms with van der Waals surface area (Å²) < 4.78 is 5.13. The van der Waals surface area contributed by atoms with Gasteiger partial charge in [-0.1, -0.05) is 6.92 Å². The molecule has 1 atom stereocenters. The maximum Gasteiger partial charge on any atom is 0.110 e. The summed E-state index contributed by atoms with van der Waals surface area (Å²) in [5, 5.41) is 4.88. The minimum Gasteiger partial charge on any atom is -0.383 e. The van der Waals surface area contributed by atoms with Gasteiger partial charge in [0, 0.05) is 18.5 Å². The molecule has 0 aromatic carbocycles. The topological polar surface area (TPSA) is 34.1 Å². The van der Waals surface area contributed by atoms with E-state index in [0.717, 1.165) is 19.6 Å². The molecule has 1 N–H and O–H groups in total. The van der Waals surface area contributed by atoms with E-state index in [-0.39, 0.29) is 0 Å². The van der Waals surface area contributed by atoms with Gasteiger partial charge in [-0.15, -0.1) is 11.3 Å². The van der Waals surface area contributed by atoms with Gasteiger partial charge in [-0.05, 0) is 37.2 Å². The molecule has 0 aliphatic heterocycles. The summed E-state index contributed by atoms with van der Waals surface area (Å²) >= 11 is 3.93. The van der Waals surface area contributed by atoms with Crippen LogP contribution in [-0.4, -0.2) is 36.8 Å². The highest BCUT2D eigenvalue weighted by Crippen LogP contribution is 2.32. The molecule has 1 aliphatic rings. The fraction of sp³-hybridized carbons (Fsp3) is 0.786. The van der Waals surface area contributed by atoms with E-state index in [0.29, 0.717) is 6.04 Å². The number of thioether (sulfide) groups is 1. The number of methoxy groups -OCH3 is 1. The van der Waals surface area contributed by atoms with Crippen molar-refractivity contribution in [3.63, 3.8) is 0 Å². The predicted octanol–water partition coefficient (Wildman–Crippen LogP) is 3.05. The zero-order valence-electron chi connectivity index (χ0n) is 11.9. The number of nitrogens with one attached hydrogen (secondary N) is 1. The molecule has 0 saturated heterocycles. The zero-order chi connectivity index (χ0) is 13.5. The zero-order valence-corrected chi connectivity index (χ0v) is 13.5. The summed E-state index contributed by atoms with van der Waals surface area (Å²) in [6, 6.07) is 0.407. The van der Waals surface area contributed by atoms with Gasteiger partial charge >= 0.3 is 0 Å². The fourth-order valence-electron chi connectivity index (χ4n) is 2.35. The molecule has 0 amide bonds. The average Bonchev–Trinajstić information content (AvgIpc) is 2.98. The van der Waals surface area contributed by atoms with E-state index in [1.54, 1.807) is 7.11 Å². The van der Waals surface area contributed by atoms with Crippen molar-refractivity contribution < 1.29 is 4.74 Å². The van der Waals surface area contributed by atoms with E-state index < -0.39 is 0 Å². The van der Waals surface area contributed by atoms with Crippen molar-refractivity contribution in [1.29, 1.82) is 0 Å². The Hall–Kier alpha value is -0.100. The Balaban J connectivity index is 1.93. The van der Waals surface area contributed by atoms with E-state index in [2.05, 4.69) is 12.2 Å². The Bertz CT molecular complexity index is 350. The van der Waals surface area contributed by atoms with E-state index in [1.807, 2.05) is 23.1 Å². The van der Waals surface area contributed by atoms with Gasteiger partial charge < -0.3 is 10.1 Å². The SMILES string of the molecule is CCSCCC(NCCOC)c1nc2c(s1)CCC2. The van der Waals surface area contributed by atoms with Crippen molar-refractivity contribution in [1.82, 2.24) is 10.3 Å². The Morgan fingerprint density at radius 2 is 2.37 bits per heavy atom. The number of rotatable bonds is 9. The summed E-state index contributed by atoms with van der Waals surface area (Å²) in [6.45, 7) is 3.89. The monoisotopic (exact) mass is 300 g/mol. The van der Waals surface area contributed by atoms with Crippen LogP contribution in [0.4, 0.5) is 0 Å². The molecule has 108 valence electrons. The molecular formula is C14H24N2OS2. The first-order valence-corrected chi connectivity index (χ1v) is 9.10. The Kier molecular flexibility index (Phi) is 6.64. The number of fused-ring (bicyclic) bond motifs is 1. The maximum atomic E-state index is 5.13. The molecule has 0 bridgehead atoms. The normalized spacial score (nSPS) is 15.7. The molecule has 1 aromatic rings. The van der Waals surface area contributed by atoms with Crippen molar-refractivity contribution in [2.24, 2.45) is 0 Å².